The summed E-state index contributed by atoms with van der Waals surface area (Å²) < 4.78 is 4.25. The Morgan fingerprint density at radius 2 is 2.08 bits per heavy atom. The number of aromatic nitrogens is 3. The van der Waals surface area contributed by atoms with Crippen molar-refractivity contribution in [2.75, 3.05) is 20.0 Å². The minimum Gasteiger partial charge on any atom is -0.388 e. The average molecular weight is 170 g/mol. The SMILES string of the molecule is COC.Nc1ncc(C=O)nn1. The molecule has 66 valence electrons. The summed E-state index contributed by atoms with van der Waals surface area (Å²) >= 11 is 0. The van der Waals surface area contributed by atoms with Gasteiger partial charge in [0.2, 0.25) is 5.95 Å². The van der Waals surface area contributed by atoms with Gasteiger partial charge in [0, 0.05) is 14.2 Å². The maximum Gasteiger partial charge on any atom is 0.240 e. The zero-order valence-corrected chi connectivity index (χ0v) is 6.89. The number of carbonyl (C=O) groups excluding carboxylic acids is 1. The molecule has 6 heteroatoms. The Bertz CT molecular complexity index is 223. The second-order valence-corrected chi connectivity index (χ2v) is 1.77. The van der Waals surface area contributed by atoms with Crippen molar-refractivity contribution in [3.8, 4) is 0 Å². The predicted octanol–water partition coefficient (Wildman–Crippen LogP) is -0.471. The summed E-state index contributed by atoms with van der Waals surface area (Å²) in [4.78, 5) is 13.5. The van der Waals surface area contributed by atoms with Gasteiger partial charge in [-0.15, -0.1) is 10.2 Å². The number of anilines is 1. The van der Waals surface area contributed by atoms with Gasteiger partial charge in [-0.3, -0.25) is 4.79 Å². The number of nitrogen functional groups attached to an aromatic ring is 1. The van der Waals surface area contributed by atoms with E-state index in [-0.39, 0.29) is 11.6 Å². The van der Waals surface area contributed by atoms with Crippen LogP contribution in [0, 0.1) is 0 Å². The normalized spacial score (nSPS) is 8.17. The second-order valence-electron chi connectivity index (χ2n) is 1.77. The number of ether oxygens (including phenoxy) is 1. The molecule has 0 bridgehead atoms. The molecule has 1 rings (SSSR count). The van der Waals surface area contributed by atoms with E-state index in [0.29, 0.717) is 6.29 Å². The number of rotatable bonds is 1. The van der Waals surface area contributed by atoms with Crippen molar-refractivity contribution in [2.45, 2.75) is 0 Å². The molecule has 0 radical (unpaired) electrons. The van der Waals surface area contributed by atoms with Gasteiger partial charge in [-0.25, -0.2) is 4.98 Å². The molecule has 0 saturated heterocycles. The molecule has 12 heavy (non-hydrogen) atoms. The van der Waals surface area contributed by atoms with E-state index in [0.717, 1.165) is 0 Å². The van der Waals surface area contributed by atoms with Crippen LogP contribution in [-0.4, -0.2) is 35.7 Å². The number of aldehydes is 1. The molecule has 1 aromatic rings. The highest BCUT2D eigenvalue weighted by atomic mass is 16.4. The quantitative estimate of drug-likeness (QED) is 0.573. The number of carbonyl (C=O) groups is 1. The first kappa shape index (κ1) is 10.4. The number of hydrogen-bond donors (Lipinski definition) is 1. The third-order valence-electron chi connectivity index (χ3n) is 0.718. The Balaban J connectivity index is 0.000000354. The van der Waals surface area contributed by atoms with Crippen LogP contribution >= 0.6 is 0 Å². The molecule has 0 atom stereocenters. The van der Waals surface area contributed by atoms with Crippen LogP contribution in [0.3, 0.4) is 0 Å². The number of nitrogens with zero attached hydrogens (tertiary/aromatic N) is 3. The Morgan fingerprint density at radius 1 is 1.50 bits per heavy atom. The van der Waals surface area contributed by atoms with E-state index >= 15 is 0 Å². The summed E-state index contributed by atoms with van der Waals surface area (Å²) in [5, 5.41) is 6.73. The van der Waals surface area contributed by atoms with Gasteiger partial charge in [0.15, 0.2) is 6.29 Å². The van der Waals surface area contributed by atoms with Gasteiger partial charge in [-0.05, 0) is 0 Å². The van der Waals surface area contributed by atoms with Gasteiger partial charge in [-0.1, -0.05) is 0 Å². The molecule has 6 nitrogen and oxygen atoms in total. The molecule has 0 aliphatic rings. The van der Waals surface area contributed by atoms with Gasteiger partial charge in [0.25, 0.3) is 0 Å². The lowest BCUT2D eigenvalue weighted by atomic mass is 10.5. The number of methoxy groups -OCH3 is 1. The molecule has 0 fully saturated rings. The molecular formula is C6H10N4O2. The number of hydrogen-bond acceptors (Lipinski definition) is 6. The fraction of sp³-hybridized carbons (Fsp3) is 0.333. The van der Waals surface area contributed by atoms with E-state index in [2.05, 4.69) is 19.9 Å². The first-order chi connectivity index (χ1) is 5.74. The van der Waals surface area contributed by atoms with Crippen LogP contribution < -0.4 is 5.73 Å². The largest absolute Gasteiger partial charge is 0.388 e. The maximum absolute atomic E-state index is 9.93. The Labute approximate surface area is 69.8 Å². The lowest BCUT2D eigenvalue weighted by molar-refractivity contribution is 0.111. The Morgan fingerprint density at radius 3 is 2.42 bits per heavy atom. The average Bonchev–Trinajstić information content (AvgIpc) is 2.07. The highest BCUT2D eigenvalue weighted by molar-refractivity contribution is 5.70. The Kier molecular flexibility index (Phi) is 5.37. The van der Waals surface area contributed by atoms with Crippen LogP contribution in [-0.2, 0) is 4.74 Å². The molecule has 2 N–H and O–H groups in total. The molecule has 1 heterocycles. The monoisotopic (exact) mass is 170 g/mol. The summed E-state index contributed by atoms with van der Waals surface area (Å²) in [6.45, 7) is 0. The molecule has 0 aliphatic heterocycles. The van der Waals surface area contributed by atoms with Gasteiger partial charge in [-0.2, -0.15) is 0 Å². The van der Waals surface area contributed by atoms with E-state index in [1.165, 1.54) is 6.20 Å². The van der Waals surface area contributed by atoms with Crippen molar-refractivity contribution in [3.63, 3.8) is 0 Å². The van der Waals surface area contributed by atoms with Crippen LogP contribution in [0.2, 0.25) is 0 Å². The minimum absolute atomic E-state index is 0.0700. The van der Waals surface area contributed by atoms with Gasteiger partial charge >= 0.3 is 0 Å². The Hall–Kier alpha value is -1.56. The fourth-order valence-electron chi connectivity index (χ4n) is 0.347. The molecule has 0 aliphatic carbocycles. The highest BCUT2D eigenvalue weighted by Crippen LogP contribution is 1.85. The fourth-order valence-corrected chi connectivity index (χ4v) is 0.347. The lowest BCUT2D eigenvalue weighted by Crippen LogP contribution is -1.98. The second kappa shape index (κ2) is 6.17. The van der Waals surface area contributed by atoms with E-state index in [1.807, 2.05) is 0 Å². The van der Waals surface area contributed by atoms with Gasteiger partial charge < -0.3 is 10.5 Å². The highest BCUT2D eigenvalue weighted by Gasteiger charge is 1.90. The van der Waals surface area contributed by atoms with Crippen molar-refractivity contribution in [2.24, 2.45) is 0 Å². The topological polar surface area (TPSA) is 91.0 Å². The van der Waals surface area contributed by atoms with Crippen LogP contribution in [0.4, 0.5) is 5.95 Å². The molecule has 0 amide bonds. The zero-order valence-electron chi connectivity index (χ0n) is 6.89. The molecule has 0 aromatic carbocycles. The molecule has 1 aromatic heterocycles. The van der Waals surface area contributed by atoms with Crippen molar-refractivity contribution < 1.29 is 9.53 Å². The minimum atomic E-state index is 0.0700. The molecule has 0 spiro atoms. The van der Waals surface area contributed by atoms with Gasteiger partial charge in [0.1, 0.15) is 5.69 Å². The third kappa shape index (κ3) is 4.29. The molecule has 0 unspecified atom stereocenters. The predicted molar refractivity (Wildman–Crippen MR) is 42.6 cm³/mol. The van der Waals surface area contributed by atoms with Crippen molar-refractivity contribution in [1.29, 1.82) is 0 Å². The third-order valence-corrected chi connectivity index (χ3v) is 0.718. The van der Waals surface area contributed by atoms with Crippen LogP contribution in [0.25, 0.3) is 0 Å². The summed E-state index contributed by atoms with van der Waals surface area (Å²) in [5.74, 6) is 0.0700. The summed E-state index contributed by atoms with van der Waals surface area (Å²) in [5.41, 5.74) is 5.27. The van der Waals surface area contributed by atoms with E-state index in [9.17, 15) is 4.79 Å². The zero-order chi connectivity index (χ0) is 9.40. The summed E-state index contributed by atoms with van der Waals surface area (Å²) in [7, 11) is 3.25. The lowest BCUT2D eigenvalue weighted by Gasteiger charge is -1.86. The van der Waals surface area contributed by atoms with E-state index in [1.54, 1.807) is 14.2 Å². The number of nitrogens with two attached hydrogens (primary N) is 1. The summed E-state index contributed by atoms with van der Waals surface area (Å²) in [6, 6.07) is 0. The van der Waals surface area contributed by atoms with Crippen LogP contribution in [0.15, 0.2) is 6.20 Å². The van der Waals surface area contributed by atoms with Crippen molar-refractivity contribution in [3.05, 3.63) is 11.9 Å². The van der Waals surface area contributed by atoms with Gasteiger partial charge in [0.05, 0.1) is 6.20 Å². The van der Waals surface area contributed by atoms with Crippen molar-refractivity contribution >= 4 is 12.2 Å². The van der Waals surface area contributed by atoms with E-state index in [4.69, 9.17) is 5.73 Å². The van der Waals surface area contributed by atoms with Crippen molar-refractivity contribution in [1.82, 2.24) is 15.2 Å². The first-order valence-corrected chi connectivity index (χ1v) is 3.05. The summed E-state index contributed by atoms with van der Waals surface area (Å²) in [6.07, 6.45) is 1.81. The molecular weight excluding hydrogens is 160 g/mol. The van der Waals surface area contributed by atoms with Crippen LogP contribution in [0.5, 0.6) is 0 Å². The smallest absolute Gasteiger partial charge is 0.240 e. The molecule has 0 saturated carbocycles. The standard InChI is InChI=1S/C4H4N4O.C2H6O/c5-4-6-1-3(2-9)7-8-4;1-3-2/h1-2H,(H2,5,6,8);1-2H3. The van der Waals surface area contributed by atoms with Crippen LogP contribution in [0.1, 0.15) is 10.5 Å². The maximum atomic E-state index is 9.93. The first-order valence-electron chi connectivity index (χ1n) is 3.05. The van der Waals surface area contributed by atoms with E-state index < -0.39 is 0 Å².